The maximum absolute atomic E-state index is 12.2. The van der Waals surface area contributed by atoms with Crippen molar-refractivity contribution in [1.82, 2.24) is 5.32 Å². The molecular formula is C17H18N2O2S. The molecule has 5 heteroatoms. The van der Waals surface area contributed by atoms with Crippen LogP contribution in [0.1, 0.15) is 35.0 Å². The topological polar surface area (TPSA) is 58.2 Å². The largest absolute Gasteiger partial charge is 0.351 e. The van der Waals surface area contributed by atoms with Gasteiger partial charge in [0.2, 0.25) is 5.91 Å². The molecule has 0 unspecified atom stereocenters. The highest BCUT2D eigenvalue weighted by atomic mass is 32.1. The molecule has 0 bridgehead atoms. The van der Waals surface area contributed by atoms with Gasteiger partial charge in [0.25, 0.3) is 5.91 Å². The molecule has 1 heterocycles. The molecule has 0 atom stereocenters. The molecule has 1 saturated carbocycles. The summed E-state index contributed by atoms with van der Waals surface area (Å²) < 4.78 is 0. The predicted molar refractivity (Wildman–Crippen MR) is 88.3 cm³/mol. The Morgan fingerprint density at radius 2 is 1.91 bits per heavy atom. The molecule has 0 spiro atoms. The molecule has 0 radical (unpaired) electrons. The Labute approximate surface area is 133 Å². The van der Waals surface area contributed by atoms with Gasteiger partial charge in [0.1, 0.15) is 0 Å². The summed E-state index contributed by atoms with van der Waals surface area (Å²) in [6, 6.07) is 11.1. The summed E-state index contributed by atoms with van der Waals surface area (Å²) in [7, 11) is 0. The van der Waals surface area contributed by atoms with Crippen LogP contribution in [0.2, 0.25) is 0 Å². The Bertz CT molecular complexity index is 673. The molecule has 1 aromatic heterocycles. The van der Waals surface area contributed by atoms with E-state index in [1.807, 2.05) is 0 Å². The molecule has 1 aromatic carbocycles. The molecule has 1 fully saturated rings. The molecule has 2 aromatic rings. The standard InChI is InChI=1S/C17H18N2O2S/c1-12(20)19-14-6-4-13(5-7-14)16(21)18-11-17(8-9-17)15-3-2-10-22-15/h2-7,10H,8-9,11H2,1H3,(H,18,21)(H,19,20). The third-order valence-electron chi connectivity index (χ3n) is 3.95. The summed E-state index contributed by atoms with van der Waals surface area (Å²) in [5.41, 5.74) is 1.46. The van der Waals surface area contributed by atoms with Crippen molar-refractivity contribution in [2.45, 2.75) is 25.2 Å². The van der Waals surface area contributed by atoms with E-state index in [0.29, 0.717) is 17.8 Å². The predicted octanol–water partition coefficient (Wildman–Crippen LogP) is 3.17. The Morgan fingerprint density at radius 1 is 1.18 bits per heavy atom. The van der Waals surface area contributed by atoms with Gasteiger partial charge < -0.3 is 10.6 Å². The second-order valence-corrected chi connectivity index (χ2v) is 6.65. The second kappa shape index (κ2) is 5.93. The van der Waals surface area contributed by atoms with Crippen molar-refractivity contribution in [2.75, 3.05) is 11.9 Å². The highest BCUT2D eigenvalue weighted by Crippen LogP contribution is 2.49. The van der Waals surface area contributed by atoms with E-state index in [2.05, 4.69) is 28.1 Å². The van der Waals surface area contributed by atoms with Crippen molar-refractivity contribution >= 4 is 28.8 Å². The Hall–Kier alpha value is -2.14. The van der Waals surface area contributed by atoms with Crippen LogP contribution in [0.5, 0.6) is 0 Å². The van der Waals surface area contributed by atoms with Crippen LogP contribution in [0.25, 0.3) is 0 Å². The van der Waals surface area contributed by atoms with E-state index in [9.17, 15) is 9.59 Å². The van der Waals surface area contributed by atoms with Gasteiger partial charge >= 0.3 is 0 Å². The van der Waals surface area contributed by atoms with Crippen molar-refractivity contribution in [1.29, 1.82) is 0 Å². The van der Waals surface area contributed by atoms with Crippen LogP contribution in [0.4, 0.5) is 5.69 Å². The lowest BCUT2D eigenvalue weighted by molar-refractivity contribution is -0.114. The minimum atomic E-state index is -0.121. The molecule has 114 valence electrons. The first-order chi connectivity index (χ1) is 10.6. The number of benzene rings is 1. The zero-order valence-electron chi connectivity index (χ0n) is 12.4. The van der Waals surface area contributed by atoms with E-state index in [0.717, 1.165) is 12.8 Å². The molecule has 1 aliphatic rings. The lowest BCUT2D eigenvalue weighted by Gasteiger charge is -2.14. The molecule has 22 heavy (non-hydrogen) atoms. The van der Waals surface area contributed by atoms with Gasteiger partial charge in [-0.05, 0) is 48.6 Å². The average Bonchev–Trinajstić information content (AvgIpc) is 3.08. The van der Waals surface area contributed by atoms with Crippen LogP contribution in [-0.4, -0.2) is 18.4 Å². The molecular weight excluding hydrogens is 296 g/mol. The minimum absolute atomic E-state index is 0.0720. The molecule has 1 aliphatic carbocycles. The second-order valence-electron chi connectivity index (χ2n) is 5.70. The van der Waals surface area contributed by atoms with E-state index >= 15 is 0 Å². The Morgan fingerprint density at radius 3 is 2.45 bits per heavy atom. The summed E-state index contributed by atoms with van der Waals surface area (Å²) in [6.07, 6.45) is 2.27. The number of amides is 2. The number of rotatable bonds is 5. The summed E-state index contributed by atoms with van der Waals surface area (Å²) >= 11 is 1.76. The molecule has 2 amide bonds. The van der Waals surface area contributed by atoms with Gasteiger partial charge in [0.15, 0.2) is 0 Å². The van der Waals surface area contributed by atoms with Crippen molar-refractivity contribution in [3.8, 4) is 0 Å². The summed E-state index contributed by atoms with van der Waals surface area (Å²) in [5.74, 6) is -0.193. The molecule has 0 saturated heterocycles. The number of carbonyl (C=O) groups is 2. The van der Waals surface area contributed by atoms with Gasteiger partial charge in [0.05, 0.1) is 0 Å². The number of hydrogen-bond donors (Lipinski definition) is 2. The number of nitrogens with one attached hydrogen (secondary N) is 2. The lowest BCUT2D eigenvalue weighted by atomic mass is 10.1. The van der Waals surface area contributed by atoms with Gasteiger partial charge in [-0.15, -0.1) is 11.3 Å². The first kappa shape index (κ1) is 14.8. The smallest absolute Gasteiger partial charge is 0.251 e. The van der Waals surface area contributed by atoms with Gasteiger partial charge in [-0.3, -0.25) is 9.59 Å². The monoisotopic (exact) mass is 314 g/mol. The number of carbonyl (C=O) groups excluding carboxylic acids is 2. The lowest BCUT2D eigenvalue weighted by Crippen LogP contribution is -2.31. The van der Waals surface area contributed by atoms with Crippen LogP contribution in [0.15, 0.2) is 41.8 Å². The zero-order chi connectivity index (χ0) is 15.6. The van der Waals surface area contributed by atoms with Crippen LogP contribution in [0, 0.1) is 0 Å². The summed E-state index contributed by atoms with van der Waals surface area (Å²) in [5, 5.41) is 7.80. The van der Waals surface area contributed by atoms with E-state index in [1.54, 1.807) is 35.6 Å². The highest BCUT2D eigenvalue weighted by molar-refractivity contribution is 7.10. The van der Waals surface area contributed by atoms with Crippen molar-refractivity contribution in [3.05, 3.63) is 52.2 Å². The van der Waals surface area contributed by atoms with Crippen LogP contribution in [-0.2, 0) is 10.2 Å². The zero-order valence-corrected chi connectivity index (χ0v) is 13.2. The Kier molecular flexibility index (Phi) is 3.98. The normalized spacial score (nSPS) is 15.1. The third kappa shape index (κ3) is 3.20. The number of hydrogen-bond acceptors (Lipinski definition) is 3. The number of thiophene rings is 1. The van der Waals surface area contributed by atoms with E-state index < -0.39 is 0 Å². The van der Waals surface area contributed by atoms with Crippen LogP contribution in [0.3, 0.4) is 0 Å². The van der Waals surface area contributed by atoms with Crippen molar-refractivity contribution < 1.29 is 9.59 Å². The van der Waals surface area contributed by atoms with E-state index in [1.165, 1.54) is 11.8 Å². The first-order valence-electron chi connectivity index (χ1n) is 7.29. The average molecular weight is 314 g/mol. The third-order valence-corrected chi connectivity index (χ3v) is 5.07. The van der Waals surface area contributed by atoms with Crippen molar-refractivity contribution in [3.63, 3.8) is 0 Å². The van der Waals surface area contributed by atoms with Gasteiger partial charge in [-0.25, -0.2) is 0 Å². The molecule has 2 N–H and O–H groups in total. The highest BCUT2D eigenvalue weighted by Gasteiger charge is 2.45. The first-order valence-corrected chi connectivity index (χ1v) is 8.17. The van der Waals surface area contributed by atoms with Gasteiger partial charge in [-0.2, -0.15) is 0 Å². The molecule has 4 nitrogen and oxygen atoms in total. The van der Waals surface area contributed by atoms with E-state index in [4.69, 9.17) is 0 Å². The summed E-state index contributed by atoms with van der Waals surface area (Å²) in [6.45, 7) is 2.14. The van der Waals surface area contributed by atoms with Gasteiger partial charge in [0, 0.05) is 35.0 Å². The fraction of sp³-hybridized carbons (Fsp3) is 0.294. The van der Waals surface area contributed by atoms with Gasteiger partial charge in [-0.1, -0.05) is 6.07 Å². The van der Waals surface area contributed by atoms with Crippen LogP contribution >= 0.6 is 11.3 Å². The molecule has 0 aliphatic heterocycles. The number of anilines is 1. The minimum Gasteiger partial charge on any atom is -0.351 e. The fourth-order valence-electron chi connectivity index (χ4n) is 2.50. The van der Waals surface area contributed by atoms with Crippen LogP contribution < -0.4 is 10.6 Å². The summed E-state index contributed by atoms with van der Waals surface area (Å²) in [4.78, 5) is 24.6. The quantitative estimate of drug-likeness (QED) is 0.890. The SMILES string of the molecule is CC(=O)Nc1ccc(C(=O)NCC2(c3cccs3)CC2)cc1. The maximum atomic E-state index is 12.2. The molecule has 3 rings (SSSR count). The maximum Gasteiger partial charge on any atom is 0.251 e. The van der Waals surface area contributed by atoms with E-state index in [-0.39, 0.29) is 17.2 Å². The Balaban J connectivity index is 1.59. The van der Waals surface area contributed by atoms with Crippen molar-refractivity contribution in [2.24, 2.45) is 0 Å². The fourth-order valence-corrected chi connectivity index (χ4v) is 3.49.